The monoisotopic (exact) mass is 373 g/mol. The third kappa shape index (κ3) is 3.41. The van der Waals surface area contributed by atoms with Crippen molar-refractivity contribution in [3.05, 3.63) is 35.7 Å². The van der Waals surface area contributed by atoms with Crippen LogP contribution in [0.4, 0.5) is 10.5 Å². The highest BCUT2D eigenvalue weighted by Crippen LogP contribution is 2.40. The lowest BCUT2D eigenvalue weighted by Crippen LogP contribution is -2.44. The second-order valence-electron chi connectivity index (χ2n) is 6.51. The fraction of sp³-hybridized carbons (Fsp3) is 0.450. The topological polar surface area (TPSA) is 65.0 Å². The summed E-state index contributed by atoms with van der Waals surface area (Å²) in [6, 6.07) is 7.60. The minimum Gasteiger partial charge on any atom is -0.493 e. The zero-order chi connectivity index (χ0) is 19.6. The zero-order valence-electron chi connectivity index (χ0n) is 16.5. The van der Waals surface area contributed by atoms with E-state index < -0.39 is 0 Å². The van der Waals surface area contributed by atoms with Crippen molar-refractivity contribution >= 4 is 11.7 Å². The van der Waals surface area contributed by atoms with Gasteiger partial charge in [0.05, 0.1) is 33.1 Å². The summed E-state index contributed by atoms with van der Waals surface area (Å²) in [6.07, 6.45) is 0.853. The summed E-state index contributed by atoms with van der Waals surface area (Å²) in [5.74, 6) is 1.50. The van der Waals surface area contributed by atoms with Gasteiger partial charge >= 0.3 is 6.03 Å². The van der Waals surface area contributed by atoms with Gasteiger partial charge in [0, 0.05) is 36.6 Å². The van der Waals surface area contributed by atoms with Crippen molar-refractivity contribution in [2.75, 3.05) is 33.2 Å². The van der Waals surface area contributed by atoms with Crippen molar-refractivity contribution in [2.24, 2.45) is 0 Å². The van der Waals surface area contributed by atoms with E-state index >= 15 is 0 Å². The summed E-state index contributed by atoms with van der Waals surface area (Å²) in [4.78, 5) is 14.9. The molecular weight excluding hydrogens is 346 g/mol. The third-order valence-corrected chi connectivity index (χ3v) is 5.08. The number of fused-ring (bicyclic) bond motifs is 1. The predicted octanol–water partition coefficient (Wildman–Crippen LogP) is 3.82. The molecule has 27 heavy (non-hydrogen) atoms. The molecule has 0 bridgehead atoms. The van der Waals surface area contributed by atoms with E-state index in [-0.39, 0.29) is 12.1 Å². The van der Waals surface area contributed by atoms with Crippen LogP contribution in [0, 0.1) is 6.92 Å². The van der Waals surface area contributed by atoms with Gasteiger partial charge in [0.1, 0.15) is 0 Å². The van der Waals surface area contributed by atoms with Crippen LogP contribution in [0.1, 0.15) is 30.8 Å². The molecule has 1 aliphatic heterocycles. The van der Waals surface area contributed by atoms with E-state index in [1.54, 1.807) is 33.5 Å². The van der Waals surface area contributed by atoms with Crippen molar-refractivity contribution in [1.29, 1.82) is 0 Å². The minimum absolute atomic E-state index is 0.0505. The predicted molar refractivity (Wildman–Crippen MR) is 104 cm³/mol. The standard InChI is InChI=1S/C20H27N3O4/c1-6-15-16-8-7-13(2)22(16)9-10-23(15)20(24)21-14-11-17(25-3)19(27-5)18(12-14)26-4/h7-8,11-12,15H,6,9-10H2,1-5H3,(H,21,24)/t15-/m1/s1. The number of nitrogens with one attached hydrogen (secondary N) is 1. The van der Waals surface area contributed by atoms with E-state index in [0.717, 1.165) is 13.0 Å². The van der Waals surface area contributed by atoms with Crippen molar-refractivity contribution < 1.29 is 19.0 Å². The molecule has 0 saturated carbocycles. The Bertz CT molecular complexity index is 806. The van der Waals surface area contributed by atoms with Gasteiger partial charge in [-0.15, -0.1) is 0 Å². The molecule has 1 aromatic carbocycles. The van der Waals surface area contributed by atoms with Crippen LogP contribution >= 0.6 is 0 Å². The number of nitrogens with zero attached hydrogens (tertiary/aromatic N) is 2. The van der Waals surface area contributed by atoms with Gasteiger partial charge in [-0.1, -0.05) is 6.92 Å². The molecule has 0 spiro atoms. The van der Waals surface area contributed by atoms with Crippen molar-refractivity contribution in [1.82, 2.24) is 9.47 Å². The minimum atomic E-state index is -0.138. The van der Waals surface area contributed by atoms with Crippen LogP contribution in [-0.4, -0.2) is 43.4 Å². The molecule has 2 amide bonds. The fourth-order valence-electron chi connectivity index (χ4n) is 3.73. The first-order chi connectivity index (χ1) is 13.0. The number of carbonyl (C=O) groups excluding carboxylic acids is 1. The molecule has 2 aromatic rings. The summed E-state index contributed by atoms with van der Waals surface area (Å²) in [5, 5.41) is 2.98. The lowest BCUT2D eigenvalue weighted by molar-refractivity contribution is 0.165. The van der Waals surface area contributed by atoms with Crippen LogP contribution in [0.15, 0.2) is 24.3 Å². The summed E-state index contributed by atoms with van der Waals surface area (Å²) in [6.45, 7) is 5.66. The van der Waals surface area contributed by atoms with E-state index in [2.05, 4.69) is 35.9 Å². The molecule has 1 aromatic heterocycles. The number of anilines is 1. The molecule has 7 heteroatoms. The van der Waals surface area contributed by atoms with Crippen LogP contribution in [0.2, 0.25) is 0 Å². The Labute approximate surface area is 159 Å². The fourth-order valence-corrected chi connectivity index (χ4v) is 3.73. The van der Waals surface area contributed by atoms with Crippen LogP contribution in [0.5, 0.6) is 17.2 Å². The van der Waals surface area contributed by atoms with Crippen molar-refractivity contribution in [2.45, 2.75) is 32.9 Å². The number of rotatable bonds is 5. The smallest absolute Gasteiger partial charge is 0.322 e. The Hall–Kier alpha value is -2.83. The lowest BCUT2D eigenvalue weighted by Gasteiger charge is -2.37. The first kappa shape index (κ1) is 18.9. The highest BCUT2D eigenvalue weighted by Gasteiger charge is 2.30. The molecule has 7 nitrogen and oxygen atoms in total. The number of ether oxygens (including phenoxy) is 3. The maximum Gasteiger partial charge on any atom is 0.322 e. The number of aromatic nitrogens is 1. The van der Waals surface area contributed by atoms with Crippen LogP contribution in [-0.2, 0) is 6.54 Å². The molecule has 1 aliphatic rings. The van der Waals surface area contributed by atoms with Crippen molar-refractivity contribution in [3.63, 3.8) is 0 Å². The number of benzene rings is 1. The highest BCUT2D eigenvalue weighted by molar-refractivity contribution is 5.90. The number of urea groups is 1. The zero-order valence-corrected chi connectivity index (χ0v) is 16.5. The molecule has 0 saturated heterocycles. The van der Waals surface area contributed by atoms with Gasteiger partial charge in [0.25, 0.3) is 0 Å². The maximum absolute atomic E-state index is 13.0. The van der Waals surface area contributed by atoms with Gasteiger partial charge in [-0.2, -0.15) is 0 Å². The van der Waals surface area contributed by atoms with Crippen LogP contribution < -0.4 is 19.5 Å². The molecule has 0 aliphatic carbocycles. The number of aryl methyl sites for hydroxylation is 1. The van der Waals surface area contributed by atoms with Gasteiger partial charge in [0.2, 0.25) is 5.75 Å². The SMILES string of the molecule is CC[C@@H]1c2ccc(C)n2CCN1C(=O)Nc1cc(OC)c(OC)c(OC)c1. The van der Waals surface area contributed by atoms with E-state index in [4.69, 9.17) is 14.2 Å². The average molecular weight is 373 g/mol. The van der Waals surface area contributed by atoms with E-state index in [0.29, 0.717) is 29.5 Å². The molecule has 1 atom stereocenters. The van der Waals surface area contributed by atoms with Gasteiger partial charge in [-0.05, 0) is 25.5 Å². The number of amides is 2. The van der Waals surface area contributed by atoms with E-state index in [1.807, 2.05) is 4.90 Å². The second-order valence-corrected chi connectivity index (χ2v) is 6.51. The first-order valence-electron chi connectivity index (χ1n) is 9.07. The molecule has 146 valence electrons. The Morgan fingerprint density at radius 1 is 1.11 bits per heavy atom. The lowest BCUT2D eigenvalue weighted by atomic mass is 10.1. The maximum atomic E-state index is 13.0. The van der Waals surface area contributed by atoms with E-state index in [1.165, 1.54) is 11.4 Å². The average Bonchev–Trinajstić information content (AvgIpc) is 3.07. The molecule has 0 unspecified atom stereocenters. The molecule has 1 N–H and O–H groups in total. The van der Waals surface area contributed by atoms with Crippen molar-refractivity contribution in [3.8, 4) is 17.2 Å². The Balaban J connectivity index is 1.85. The van der Waals surface area contributed by atoms with Crippen LogP contribution in [0.3, 0.4) is 0 Å². The third-order valence-electron chi connectivity index (χ3n) is 5.08. The summed E-state index contributed by atoms with van der Waals surface area (Å²) < 4.78 is 18.4. The van der Waals surface area contributed by atoms with Gasteiger partial charge in [-0.3, -0.25) is 0 Å². The van der Waals surface area contributed by atoms with Gasteiger partial charge in [-0.25, -0.2) is 4.79 Å². The quantitative estimate of drug-likeness (QED) is 0.865. The molecule has 2 heterocycles. The number of methoxy groups -OCH3 is 3. The van der Waals surface area contributed by atoms with E-state index in [9.17, 15) is 4.79 Å². The summed E-state index contributed by atoms with van der Waals surface area (Å²) in [7, 11) is 4.66. The normalized spacial score (nSPS) is 15.9. The first-order valence-corrected chi connectivity index (χ1v) is 9.07. The Morgan fingerprint density at radius 3 is 2.33 bits per heavy atom. The highest BCUT2D eigenvalue weighted by atomic mass is 16.5. The number of hydrogen-bond acceptors (Lipinski definition) is 4. The summed E-state index contributed by atoms with van der Waals surface area (Å²) >= 11 is 0. The number of carbonyl (C=O) groups is 1. The Morgan fingerprint density at radius 2 is 1.78 bits per heavy atom. The molecular formula is C20H27N3O4. The second kappa shape index (κ2) is 7.82. The molecule has 0 fully saturated rings. The van der Waals surface area contributed by atoms with Gasteiger partial charge in [0.15, 0.2) is 11.5 Å². The summed E-state index contributed by atoms with van der Waals surface area (Å²) in [5.41, 5.74) is 3.01. The van der Waals surface area contributed by atoms with Gasteiger partial charge < -0.3 is 29.0 Å². The largest absolute Gasteiger partial charge is 0.493 e. The molecule has 3 rings (SSSR count). The Kier molecular flexibility index (Phi) is 5.48. The number of hydrogen-bond donors (Lipinski definition) is 1. The molecule has 0 radical (unpaired) electrons. The van der Waals surface area contributed by atoms with Crippen LogP contribution in [0.25, 0.3) is 0 Å².